The Bertz CT molecular complexity index is 512. The van der Waals surface area contributed by atoms with Crippen LogP contribution in [0.3, 0.4) is 0 Å². The van der Waals surface area contributed by atoms with Crippen molar-refractivity contribution in [2.75, 3.05) is 44.2 Å². The van der Waals surface area contributed by atoms with Gasteiger partial charge in [-0.3, -0.25) is 0 Å². The van der Waals surface area contributed by atoms with Crippen LogP contribution in [-0.4, -0.2) is 56.4 Å². The molecule has 6 heteroatoms. The molecule has 2 fully saturated rings. The minimum absolute atomic E-state index is 0.0521. The fourth-order valence-electron chi connectivity index (χ4n) is 2.98. The van der Waals surface area contributed by atoms with Crippen LogP contribution in [0, 0.1) is 5.82 Å². The summed E-state index contributed by atoms with van der Waals surface area (Å²) >= 11 is 0. The number of hydrogen-bond donors (Lipinski definition) is 1. The Morgan fingerprint density at radius 2 is 2.05 bits per heavy atom. The Labute approximate surface area is 130 Å². The highest BCUT2D eigenvalue weighted by Crippen LogP contribution is 2.20. The lowest BCUT2D eigenvalue weighted by Gasteiger charge is -2.36. The van der Waals surface area contributed by atoms with Gasteiger partial charge in [-0.1, -0.05) is 12.1 Å². The molecule has 0 spiro atoms. The number of para-hydroxylation sites is 1. The second-order valence-corrected chi connectivity index (χ2v) is 5.75. The third-order valence-corrected chi connectivity index (χ3v) is 4.26. The Morgan fingerprint density at radius 1 is 1.27 bits per heavy atom. The third kappa shape index (κ3) is 3.50. The molecule has 2 heterocycles. The molecule has 2 amide bonds. The maximum Gasteiger partial charge on any atom is 0.317 e. The van der Waals surface area contributed by atoms with Crippen molar-refractivity contribution in [3.63, 3.8) is 0 Å². The van der Waals surface area contributed by atoms with E-state index >= 15 is 0 Å². The van der Waals surface area contributed by atoms with Gasteiger partial charge < -0.3 is 19.9 Å². The summed E-state index contributed by atoms with van der Waals surface area (Å²) in [5, 5.41) is 2.93. The normalized spacial score (nSPS) is 22.0. The van der Waals surface area contributed by atoms with Crippen molar-refractivity contribution in [1.29, 1.82) is 0 Å². The zero-order valence-corrected chi connectivity index (χ0v) is 12.6. The summed E-state index contributed by atoms with van der Waals surface area (Å²) < 4.78 is 19.3. The molecular formula is C16H22FN3O2. The lowest BCUT2D eigenvalue weighted by molar-refractivity contribution is 0.108. The molecule has 0 aromatic heterocycles. The van der Waals surface area contributed by atoms with E-state index in [4.69, 9.17) is 4.74 Å². The van der Waals surface area contributed by atoms with E-state index < -0.39 is 0 Å². The first-order valence-corrected chi connectivity index (χ1v) is 7.88. The van der Waals surface area contributed by atoms with E-state index in [0.717, 1.165) is 19.4 Å². The van der Waals surface area contributed by atoms with E-state index in [2.05, 4.69) is 5.32 Å². The number of rotatable bonds is 3. The molecule has 22 heavy (non-hydrogen) atoms. The van der Waals surface area contributed by atoms with Crippen molar-refractivity contribution in [2.24, 2.45) is 0 Å². The number of piperazine rings is 1. The second-order valence-electron chi connectivity index (χ2n) is 5.75. The lowest BCUT2D eigenvalue weighted by atomic mass is 10.2. The van der Waals surface area contributed by atoms with E-state index in [1.165, 1.54) is 6.07 Å². The summed E-state index contributed by atoms with van der Waals surface area (Å²) in [7, 11) is 0. The summed E-state index contributed by atoms with van der Waals surface area (Å²) in [5.74, 6) is -0.209. The molecule has 0 radical (unpaired) electrons. The van der Waals surface area contributed by atoms with Crippen LogP contribution in [0.15, 0.2) is 24.3 Å². The van der Waals surface area contributed by atoms with Gasteiger partial charge in [0.25, 0.3) is 0 Å². The monoisotopic (exact) mass is 307 g/mol. The van der Waals surface area contributed by atoms with Crippen LogP contribution >= 0.6 is 0 Å². The van der Waals surface area contributed by atoms with E-state index in [-0.39, 0.29) is 18.0 Å². The molecule has 2 aliphatic rings. The predicted molar refractivity (Wildman–Crippen MR) is 82.6 cm³/mol. The van der Waals surface area contributed by atoms with Gasteiger partial charge in [0, 0.05) is 39.3 Å². The van der Waals surface area contributed by atoms with Gasteiger partial charge in [-0.05, 0) is 25.0 Å². The van der Waals surface area contributed by atoms with Gasteiger partial charge in [-0.2, -0.15) is 0 Å². The van der Waals surface area contributed by atoms with Crippen LogP contribution in [-0.2, 0) is 4.74 Å². The molecule has 1 N–H and O–H groups in total. The highest BCUT2D eigenvalue weighted by atomic mass is 19.1. The Kier molecular flexibility index (Phi) is 4.77. The first kappa shape index (κ1) is 15.1. The molecule has 0 aliphatic carbocycles. The van der Waals surface area contributed by atoms with Gasteiger partial charge in [0.15, 0.2) is 0 Å². The Morgan fingerprint density at radius 3 is 2.73 bits per heavy atom. The smallest absolute Gasteiger partial charge is 0.317 e. The lowest BCUT2D eigenvalue weighted by Crippen LogP contribution is -2.52. The molecule has 1 aromatic rings. The van der Waals surface area contributed by atoms with Crippen LogP contribution in [0.4, 0.5) is 14.9 Å². The van der Waals surface area contributed by atoms with Gasteiger partial charge in [-0.25, -0.2) is 9.18 Å². The topological polar surface area (TPSA) is 44.8 Å². The maximum absolute atomic E-state index is 13.8. The van der Waals surface area contributed by atoms with Crippen LogP contribution in [0.1, 0.15) is 12.8 Å². The molecular weight excluding hydrogens is 285 g/mol. The second kappa shape index (κ2) is 6.96. The number of nitrogens with zero attached hydrogens (tertiary/aromatic N) is 2. The summed E-state index contributed by atoms with van der Waals surface area (Å²) in [6.07, 6.45) is 2.24. The fourth-order valence-corrected chi connectivity index (χ4v) is 2.98. The molecule has 2 saturated heterocycles. The molecule has 0 saturated carbocycles. The fraction of sp³-hybridized carbons (Fsp3) is 0.562. The zero-order valence-electron chi connectivity index (χ0n) is 12.6. The number of carbonyl (C=O) groups excluding carboxylic acids is 1. The largest absolute Gasteiger partial charge is 0.376 e. The number of benzene rings is 1. The van der Waals surface area contributed by atoms with Crippen molar-refractivity contribution < 1.29 is 13.9 Å². The van der Waals surface area contributed by atoms with Crippen molar-refractivity contribution in [3.05, 3.63) is 30.1 Å². The van der Waals surface area contributed by atoms with Crippen molar-refractivity contribution in [3.8, 4) is 0 Å². The van der Waals surface area contributed by atoms with Gasteiger partial charge >= 0.3 is 6.03 Å². The molecule has 2 aliphatic heterocycles. The number of hydrogen-bond acceptors (Lipinski definition) is 3. The number of nitrogens with one attached hydrogen (secondary N) is 1. The Hall–Kier alpha value is -1.82. The molecule has 5 nitrogen and oxygen atoms in total. The third-order valence-electron chi connectivity index (χ3n) is 4.26. The van der Waals surface area contributed by atoms with Crippen molar-refractivity contribution in [2.45, 2.75) is 18.9 Å². The number of carbonyl (C=O) groups is 1. The van der Waals surface area contributed by atoms with Crippen molar-refractivity contribution in [1.82, 2.24) is 10.2 Å². The summed E-state index contributed by atoms with van der Waals surface area (Å²) in [6, 6.07) is 6.72. The summed E-state index contributed by atoms with van der Waals surface area (Å²) in [6.45, 7) is 3.87. The first-order chi connectivity index (χ1) is 10.7. The molecule has 1 unspecified atom stereocenters. The maximum atomic E-state index is 13.8. The van der Waals surface area contributed by atoms with Gasteiger partial charge in [0.05, 0.1) is 11.8 Å². The van der Waals surface area contributed by atoms with Crippen molar-refractivity contribution >= 4 is 11.7 Å². The van der Waals surface area contributed by atoms with Gasteiger partial charge in [0.1, 0.15) is 5.82 Å². The highest BCUT2D eigenvalue weighted by Gasteiger charge is 2.23. The average molecular weight is 307 g/mol. The number of anilines is 1. The minimum Gasteiger partial charge on any atom is -0.376 e. The van der Waals surface area contributed by atoms with E-state index in [1.54, 1.807) is 17.0 Å². The summed E-state index contributed by atoms with van der Waals surface area (Å²) in [4.78, 5) is 15.9. The molecule has 0 bridgehead atoms. The summed E-state index contributed by atoms with van der Waals surface area (Å²) in [5.41, 5.74) is 0.613. The average Bonchev–Trinajstić information content (AvgIpc) is 3.07. The van der Waals surface area contributed by atoms with Crippen LogP contribution < -0.4 is 10.2 Å². The number of urea groups is 1. The number of amides is 2. The highest BCUT2D eigenvalue weighted by molar-refractivity contribution is 5.74. The molecule has 1 aromatic carbocycles. The zero-order chi connectivity index (χ0) is 15.4. The number of ether oxygens (including phenoxy) is 1. The van der Waals surface area contributed by atoms with E-state index in [9.17, 15) is 9.18 Å². The number of halogens is 1. The SMILES string of the molecule is O=C(NCC1CCCO1)N1CCN(c2ccccc2F)CC1. The first-order valence-electron chi connectivity index (χ1n) is 7.88. The Balaban J connectivity index is 1.46. The molecule has 120 valence electrons. The van der Waals surface area contributed by atoms with Crippen LogP contribution in [0.25, 0.3) is 0 Å². The predicted octanol–water partition coefficient (Wildman–Crippen LogP) is 1.84. The minimum atomic E-state index is -0.209. The van der Waals surface area contributed by atoms with Gasteiger partial charge in [-0.15, -0.1) is 0 Å². The van der Waals surface area contributed by atoms with Crippen LogP contribution in [0.2, 0.25) is 0 Å². The van der Waals surface area contributed by atoms with Gasteiger partial charge in [0.2, 0.25) is 0 Å². The van der Waals surface area contributed by atoms with E-state index in [0.29, 0.717) is 38.4 Å². The molecule has 1 atom stereocenters. The standard InChI is InChI=1S/C16H22FN3O2/c17-14-5-1-2-6-15(14)19-7-9-20(10-8-19)16(21)18-12-13-4-3-11-22-13/h1-2,5-6,13H,3-4,7-12H2,(H,18,21). The quantitative estimate of drug-likeness (QED) is 0.927. The molecule has 3 rings (SSSR count). The van der Waals surface area contributed by atoms with Crippen LogP contribution in [0.5, 0.6) is 0 Å². The van der Waals surface area contributed by atoms with E-state index in [1.807, 2.05) is 11.0 Å².